The Kier molecular flexibility index (Phi) is 12.3. The summed E-state index contributed by atoms with van der Waals surface area (Å²) in [7, 11) is 0. The largest absolute Gasteiger partial charge is 0.485 e. The second-order valence-corrected chi connectivity index (χ2v) is 19.5. The highest BCUT2D eigenvalue weighted by molar-refractivity contribution is 7.97. The van der Waals surface area contributed by atoms with Gasteiger partial charge in [0, 0.05) is 48.8 Å². The number of nitrogens with zero attached hydrogens (tertiary/aromatic N) is 5. The van der Waals surface area contributed by atoms with Crippen molar-refractivity contribution in [3.8, 4) is 17.4 Å². The first-order valence-electron chi connectivity index (χ1n) is 20.8. The smallest absolute Gasteiger partial charge is 0.410 e. The lowest BCUT2D eigenvalue weighted by atomic mass is 9.93. The number of halogens is 1. The number of rotatable bonds is 18. The minimum Gasteiger partial charge on any atom is -0.485 e. The summed E-state index contributed by atoms with van der Waals surface area (Å²) in [5.74, 6) is -6.29. The summed E-state index contributed by atoms with van der Waals surface area (Å²) in [5, 5.41) is 51.0. The molecule has 1 unspecified atom stereocenters. The fourth-order valence-electron chi connectivity index (χ4n) is 9.16. The highest BCUT2D eigenvalue weighted by atomic mass is 35.5. The van der Waals surface area contributed by atoms with Gasteiger partial charge in [-0.05, 0) is 126 Å². The second kappa shape index (κ2) is 16.8. The van der Waals surface area contributed by atoms with Crippen molar-refractivity contribution in [1.29, 1.82) is 0 Å². The van der Waals surface area contributed by atoms with Gasteiger partial charge in [0.15, 0.2) is 17.4 Å². The maximum atomic E-state index is 13.3. The van der Waals surface area contributed by atoms with Crippen LogP contribution in [0.5, 0.6) is 11.6 Å². The molecule has 0 aromatic carbocycles. The number of aromatic nitrogens is 4. The number of amides is 2. The number of pyridine rings is 2. The SMILES string of the molecule is C=C/C=C(\C=C)COc1ccc(SNC(=O)c2ccc(-n3ccc(OC(O)(O)C(O)(O)C4C5(CC5)C45CC5)n3)nc2Cl)nc1NCCCC1CN(C(=O)OC(C)(C)C)C(C)(C)C1. The van der Waals surface area contributed by atoms with Gasteiger partial charge in [-0.3, -0.25) is 9.52 Å². The van der Waals surface area contributed by atoms with Gasteiger partial charge in [-0.25, -0.2) is 19.4 Å². The second-order valence-electron chi connectivity index (χ2n) is 18.3. The molecule has 6 N–H and O–H groups in total. The molecule has 2 amide bonds. The van der Waals surface area contributed by atoms with Crippen molar-refractivity contribution in [3.05, 3.63) is 84.2 Å². The molecule has 3 aromatic heterocycles. The van der Waals surface area contributed by atoms with E-state index in [0.717, 1.165) is 62.5 Å². The number of carbonyl (C=O) groups excluding carboxylic acids is 2. The van der Waals surface area contributed by atoms with Gasteiger partial charge < -0.3 is 44.9 Å². The van der Waals surface area contributed by atoms with Crippen LogP contribution in [0.2, 0.25) is 5.15 Å². The summed E-state index contributed by atoms with van der Waals surface area (Å²) in [6.07, 6.45) is 12.1. The average Bonchev–Trinajstić information content (AvgIpc) is 4.15. The molecule has 16 nitrogen and oxygen atoms in total. The molecule has 62 heavy (non-hydrogen) atoms. The Bertz CT molecular complexity index is 2230. The minimum absolute atomic E-state index is 0.0682. The predicted molar refractivity (Wildman–Crippen MR) is 233 cm³/mol. The molecule has 0 bridgehead atoms. The predicted octanol–water partition coefficient (Wildman–Crippen LogP) is 6.55. The standard InChI is InChI=1S/C44H56ClN7O9S/c1-8-11-27(9-2)26-59-30-14-16-33(48-35(30)46-22-10-12-28-24-40(6,7)51(25-28)38(54)61-39(3,4)5)62-50-36(53)29-13-15-31(47-34(29)45)52-23-17-32(49-52)60-44(57,58)43(55,56)37-41(18-19-41)42(37)20-21-42/h8-9,11,13-17,23,28,37,55-58H,1-2,10,12,18-22,24-26H2,3-7H3,(H,46,48)(H,50,53)/b27-11+. The third kappa shape index (κ3) is 9.19. The number of likely N-dealkylation sites (tertiary alicyclic amines) is 1. The van der Waals surface area contributed by atoms with Crippen molar-refractivity contribution in [2.24, 2.45) is 22.7 Å². The van der Waals surface area contributed by atoms with Crippen LogP contribution in [0.25, 0.3) is 5.82 Å². The van der Waals surface area contributed by atoms with E-state index in [0.29, 0.717) is 35.6 Å². The van der Waals surface area contributed by atoms with Crippen molar-refractivity contribution in [2.75, 3.05) is 25.0 Å². The summed E-state index contributed by atoms with van der Waals surface area (Å²) in [4.78, 5) is 37.1. The molecule has 334 valence electrons. The van der Waals surface area contributed by atoms with E-state index in [2.05, 4.69) is 47.1 Å². The number of hydrogen-bond donors (Lipinski definition) is 6. The van der Waals surface area contributed by atoms with Gasteiger partial charge in [-0.15, -0.1) is 5.10 Å². The van der Waals surface area contributed by atoms with E-state index < -0.39 is 29.2 Å². The first-order valence-corrected chi connectivity index (χ1v) is 22.0. The summed E-state index contributed by atoms with van der Waals surface area (Å²) >= 11 is 7.45. The molecule has 3 aliphatic carbocycles. The van der Waals surface area contributed by atoms with Crippen molar-refractivity contribution in [1.82, 2.24) is 29.4 Å². The lowest BCUT2D eigenvalue weighted by Crippen LogP contribution is -2.60. The van der Waals surface area contributed by atoms with Gasteiger partial charge in [-0.2, -0.15) is 0 Å². The molecule has 1 aliphatic heterocycles. The third-order valence-corrected chi connectivity index (χ3v) is 13.3. The van der Waals surface area contributed by atoms with E-state index in [1.807, 2.05) is 25.7 Å². The monoisotopic (exact) mass is 893 g/mol. The molecule has 7 rings (SSSR count). The van der Waals surface area contributed by atoms with Crippen LogP contribution in [0.3, 0.4) is 0 Å². The molecule has 18 heteroatoms. The number of anilines is 1. The molecule has 3 aromatic rings. The summed E-state index contributed by atoms with van der Waals surface area (Å²) in [6, 6.07) is 7.72. The summed E-state index contributed by atoms with van der Waals surface area (Å²) < 4.78 is 21.0. The van der Waals surface area contributed by atoms with Crippen LogP contribution in [0.1, 0.15) is 89.9 Å². The Morgan fingerprint density at radius 3 is 2.37 bits per heavy atom. The highest BCUT2D eigenvalue weighted by Crippen LogP contribution is 2.94. The van der Waals surface area contributed by atoms with E-state index in [4.69, 9.17) is 30.8 Å². The van der Waals surface area contributed by atoms with E-state index in [9.17, 15) is 30.0 Å². The Hall–Kier alpha value is -4.65. The lowest BCUT2D eigenvalue weighted by Gasteiger charge is -2.34. The topological polar surface area (TPSA) is 214 Å². The molecular weight excluding hydrogens is 838 g/mol. The van der Waals surface area contributed by atoms with E-state index in [1.165, 1.54) is 29.1 Å². The maximum Gasteiger partial charge on any atom is 0.410 e. The van der Waals surface area contributed by atoms with Crippen molar-refractivity contribution in [3.63, 3.8) is 0 Å². The van der Waals surface area contributed by atoms with E-state index in [1.54, 1.807) is 30.4 Å². The third-order valence-electron chi connectivity index (χ3n) is 12.3. The molecular formula is C44H56ClN7O9S. The van der Waals surface area contributed by atoms with Crippen LogP contribution in [0, 0.1) is 22.7 Å². The minimum atomic E-state index is -3.32. The van der Waals surface area contributed by atoms with Gasteiger partial charge in [0.1, 0.15) is 22.4 Å². The number of fused-ring (bicyclic) bond motifs is 1. The number of aliphatic hydroxyl groups is 4. The van der Waals surface area contributed by atoms with Crippen molar-refractivity contribution >= 4 is 41.4 Å². The van der Waals surface area contributed by atoms with Gasteiger partial charge in [0.05, 0.1) is 5.56 Å². The molecule has 0 radical (unpaired) electrons. The fraction of sp³-hybridized carbons (Fsp3) is 0.523. The molecule has 1 saturated heterocycles. The number of nitrogens with one attached hydrogen (secondary N) is 2. The quantitative estimate of drug-likeness (QED) is 0.0263. The molecule has 2 spiro atoms. The zero-order chi connectivity index (χ0) is 44.9. The Labute approximate surface area is 370 Å². The molecule has 1 atom stereocenters. The zero-order valence-electron chi connectivity index (χ0n) is 35.7. The van der Waals surface area contributed by atoms with E-state index >= 15 is 0 Å². The van der Waals surface area contributed by atoms with Gasteiger partial charge in [0.2, 0.25) is 5.88 Å². The first-order chi connectivity index (χ1) is 29.1. The van der Waals surface area contributed by atoms with Gasteiger partial charge in [0.25, 0.3) is 11.7 Å². The Morgan fingerprint density at radius 2 is 1.74 bits per heavy atom. The normalized spacial score (nSPS) is 19.9. The van der Waals surface area contributed by atoms with Crippen LogP contribution >= 0.6 is 23.5 Å². The van der Waals surface area contributed by atoms with Crippen molar-refractivity contribution in [2.45, 2.75) is 107 Å². The van der Waals surface area contributed by atoms with Crippen LogP contribution in [0.4, 0.5) is 10.6 Å². The number of hydrogen-bond acceptors (Lipinski definition) is 14. The van der Waals surface area contributed by atoms with Crippen molar-refractivity contribution < 1.29 is 44.2 Å². The summed E-state index contributed by atoms with van der Waals surface area (Å²) in [6.45, 7) is 18.8. The van der Waals surface area contributed by atoms with E-state index in [-0.39, 0.29) is 51.5 Å². The first kappa shape index (κ1) is 45.4. The van der Waals surface area contributed by atoms with Gasteiger partial charge in [-0.1, -0.05) is 43.0 Å². The zero-order valence-corrected chi connectivity index (χ0v) is 37.3. The molecule has 3 saturated carbocycles. The summed E-state index contributed by atoms with van der Waals surface area (Å²) in [5.41, 5.74) is -0.514. The number of allylic oxidation sites excluding steroid dienone is 2. The molecule has 4 aliphatic rings. The fourth-order valence-corrected chi connectivity index (χ4v) is 9.97. The maximum absolute atomic E-state index is 13.3. The number of ether oxygens (including phenoxy) is 3. The lowest BCUT2D eigenvalue weighted by molar-refractivity contribution is -0.442. The van der Waals surface area contributed by atoms with Gasteiger partial charge >= 0.3 is 12.1 Å². The molecule has 4 heterocycles. The van der Waals surface area contributed by atoms with Crippen LogP contribution in [-0.2, 0) is 4.74 Å². The van der Waals surface area contributed by atoms with Crippen LogP contribution in [-0.4, -0.2) is 99.7 Å². The van der Waals surface area contributed by atoms with Crippen LogP contribution < -0.4 is 19.5 Å². The Morgan fingerprint density at radius 1 is 1.03 bits per heavy atom. The average molecular weight is 894 g/mol. The highest BCUT2D eigenvalue weighted by Gasteiger charge is 2.93. The Balaban J connectivity index is 0.953. The van der Waals surface area contributed by atoms with Crippen LogP contribution in [0.15, 0.2) is 78.5 Å². The molecule has 4 fully saturated rings. The number of carbonyl (C=O) groups is 2.